The highest BCUT2D eigenvalue weighted by atomic mass is 16.3. The number of hydrogen-bond acceptors (Lipinski definition) is 4. The van der Waals surface area contributed by atoms with Crippen molar-refractivity contribution in [2.24, 2.45) is 0 Å². The largest absolute Gasteiger partial charge is 0.459 e. The Morgan fingerprint density at radius 1 is 1.24 bits per heavy atom. The van der Waals surface area contributed by atoms with Gasteiger partial charge in [0, 0.05) is 25.8 Å². The average Bonchev–Trinajstić information content (AvgIpc) is 3.37. The molecule has 1 N–H and O–H groups in total. The summed E-state index contributed by atoms with van der Waals surface area (Å²) in [4.78, 5) is 17.1. The number of benzene rings is 1. The second kappa shape index (κ2) is 6.92. The van der Waals surface area contributed by atoms with Gasteiger partial charge in [0.1, 0.15) is 0 Å². The van der Waals surface area contributed by atoms with Gasteiger partial charge in [-0.15, -0.1) is 0 Å². The maximum atomic E-state index is 12.3. The molecule has 0 spiro atoms. The van der Waals surface area contributed by atoms with Gasteiger partial charge in [0.25, 0.3) is 5.91 Å². The summed E-state index contributed by atoms with van der Waals surface area (Å²) in [7, 11) is 2.15. The number of likely N-dealkylation sites (tertiary alicyclic amines) is 1. The molecule has 4 rings (SSSR count). The van der Waals surface area contributed by atoms with Crippen molar-refractivity contribution in [3.63, 3.8) is 0 Å². The summed E-state index contributed by atoms with van der Waals surface area (Å²) in [6, 6.07) is 10.5. The van der Waals surface area contributed by atoms with E-state index < -0.39 is 0 Å². The Hall–Kier alpha value is -2.27. The van der Waals surface area contributed by atoms with Crippen molar-refractivity contribution in [1.29, 1.82) is 0 Å². The average molecular weight is 339 g/mol. The number of amides is 1. The highest BCUT2D eigenvalue weighted by Crippen LogP contribution is 2.32. The molecule has 2 aliphatic heterocycles. The SMILES string of the molecule is CN1CCc2cc(C(CNC(=O)c3ccco3)N3CCCC3)ccc21. The standard InChI is InChI=1S/C20H25N3O2/c1-22-11-8-16-13-15(6-7-17(16)22)18(23-9-2-3-10-23)14-21-20(24)19-5-4-12-25-19/h4-7,12-13,18H,2-3,8-11,14H2,1H3,(H,21,24). The van der Waals surface area contributed by atoms with Gasteiger partial charge in [0.2, 0.25) is 0 Å². The molecule has 1 saturated heterocycles. The number of anilines is 1. The molecule has 3 heterocycles. The molecule has 1 aromatic carbocycles. The topological polar surface area (TPSA) is 48.7 Å². The highest BCUT2D eigenvalue weighted by Gasteiger charge is 2.26. The number of rotatable bonds is 5. The Kier molecular flexibility index (Phi) is 4.49. The fraction of sp³-hybridized carbons (Fsp3) is 0.450. The second-order valence-corrected chi connectivity index (χ2v) is 7.01. The predicted molar refractivity (Wildman–Crippen MR) is 98.0 cm³/mol. The van der Waals surface area contributed by atoms with Crippen LogP contribution in [0.3, 0.4) is 0 Å². The first kappa shape index (κ1) is 16.2. The minimum absolute atomic E-state index is 0.143. The van der Waals surface area contributed by atoms with Crippen LogP contribution in [-0.2, 0) is 6.42 Å². The molecule has 0 bridgehead atoms. The van der Waals surface area contributed by atoms with Gasteiger partial charge in [-0.1, -0.05) is 12.1 Å². The van der Waals surface area contributed by atoms with E-state index >= 15 is 0 Å². The quantitative estimate of drug-likeness (QED) is 0.910. The molecule has 1 aromatic heterocycles. The number of carbonyl (C=O) groups is 1. The van der Waals surface area contributed by atoms with Crippen molar-refractivity contribution in [2.45, 2.75) is 25.3 Å². The molecule has 5 heteroatoms. The number of nitrogens with one attached hydrogen (secondary N) is 1. The minimum Gasteiger partial charge on any atom is -0.459 e. The molecule has 132 valence electrons. The van der Waals surface area contributed by atoms with Crippen LogP contribution >= 0.6 is 0 Å². The van der Waals surface area contributed by atoms with E-state index in [-0.39, 0.29) is 11.9 Å². The van der Waals surface area contributed by atoms with Crippen LogP contribution < -0.4 is 10.2 Å². The summed E-state index contributed by atoms with van der Waals surface area (Å²) in [6.07, 6.45) is 5.10. The zero-order valence-corrected chi connectivity index (χ0v) is 14.7. The summed E-state index contributed by atoms with van der Waals surface area (Å²) in [6.45, 7) is 3.88. The van der Waals surface area contributed by atoms with E-state index in [1.54, 1.807) is 12.1 Å². The van der Waals surface area contributed by atoms with Gasteiger partial charge in [-0.2, -0.15) is 0 Å². The van der Waals surface area contributed by atoms with Crippen LogP contribution in [0.4, 0.5) is 5.69 Å². The monoisotopic (exact) mass is 339 g/mol. The summed E-state index contributed by atoms with van der Waals surface area (Å²) < 4.78 is 5.20. The third kappa shape index (κ3) is 3.29. The molecule has 0 saturated carbocycles. The van der Waals surface area contributed by atoms with Crippen LogP contribution in [0.5, 0.6) is 0 Å². The van der Waals surface area contributed by atoms with Crippen molar-refractivity contribution in [1.82, 2.24) is 10.2 Å². The lowest BCUT2D eigenvalue weighted by molar-refractivity contribution is 0.0910. The summed E-state index contributed by atoms with van der Waals surface area (Å²) >= 11 is 0. The fourth-order valence-corrected chi connectivity index (χ4v) is 3.99. The molecule has 1 fully saturated rings. The lowest BCUT2D eigenvalue weighted by Crippen LogP contribution is -2.36. The van der Waals surface area contributed by atoms with Crippen molar-refractivity contribution in [2.75, 3.05) is 38.1 Å². The molecule has 25 heavy (non-hydrogen) atoms. The van der Waals surface area contributed by atoms with Crippen molar-refractivity contribution < 1.29 is 9.21 Å². The minimum atomic E-state index is -0.143. The molecular formula is C20H25N3O2. The van der Waals surface area contributed by atoms with Gasteiger partial charge in [0.05, 0.1) is 12.3 Å². The first-order valence-corrected chi connectivity index (χ1v) is 9.12. The first-order chi connectivity index (χ1) is 12.2. The van der Waals surface area contributed by atoms with Crippen molar-refractivity contribution in [3.8, 4) is 0 Å². The third-order valence-corrected chi connectivity index (χ3v) is 5.40. The first-order valence-electron chi connectivity index (χ1n) is 9.12. The second-order valence-electron chi connectivity index (χ2n) is 7.01. The molecule has 1 amide bonds. The fourth-order valence-electron chi connectivity index (χ4n) is 3.99. The molecule has 0 aliphatic carbocycles. The number of furan rings is 1. The number of carbonyl (C=O) groups excluding carboxylic acids is 1. The molecule has 1 unspecified atom stereocenters. The van der Waals surface area contributed by atoms with Gasteiger partial charge in [-0.3, -0.25) is 9.69 Å². The lowest BCUT2D eigenvalue weighted by Gasteiger charge is -2.28. The Morgan fingerprint density at radius 2 is 2.08 bits per heavy atom. The normalized spacial score (nSPS) is 18.4. The van der Waals surface area contributed by atoms with E-state index in [4.69, 9.17) is 4.42 Å². The van der Waals surface area contributed by atoms with Crippen molar-refractivity contribution in [3.05, 3.63) is 53.5 Å². The Labute approximate surface area is 148 Å². The smallest absolute Gasteiger partial charge is 0.287 e. The maximum Gasteiger partial charge on any atom is 0.287 e. The molecular weight excluding hydrogens is 314 g/mol. The Bertz CT molecular complexity index is 735. The van der Waals surface area contributed by atoms with E-state index in [9.17, 15) is 4.79 Å². The van der Waals surface area contributed by atoms with Crippen LogP contribution in [0.1, 0.15) is 40.6 Å². The highest BCUT2D eigenvalue weighted by molar-refractivity contribution is 5.91. The van der Waals surface area contributed by atoms with Gasteiger partial charge in [-0.05, 0) is 61.7 Å². The van der Waals surface area contributed by atoms with Crippen LogP contribution in [0.2, 0.25) is 0 Å². The number of nitrogens with zero attached hydrogens (tertiary/aromatic N) is 2. The zero-order valence-electron chi connectivity index (χ0n) is 14.7. The van der Waals surface area contributed by atoms with E-state index in [1.807, 2.05) is 0 Å². The van der Waals surface area contributed by atoms with Crippen LogP contribution in [0.25, 0.3) is 0 Å². The molecule has 0 radical (unpaired) electrons. The summed E-state index contributed by atoms with van der Waals surface area (Å²) in [5, 5.41) is 3.05. The summed E-state index contributed by atoms with van der Waals surface area (Å²) in [5.41, 5.74) is 4.06. The molecule has 1 atom stereocenters. The van der Waals surface area contributed by atoms with Gasteiger partial charge in [0.15, 0.2) is 5.76 Å². The van der Waals surface area contributed by atoms with E-state index in [0.29, 0.717) is 12.3 Å². The lowest BCUT2D eigenvalue weighted by atomic mass is 10.0. The number of hydrogen-bond donors (Lipinski definition) is 1. The molecule has 2 aromatic rings. The summed E-state index contributed by atoms with van der Waals surface area (Å²) in [5.74, 6) is 0.228. The predicted octanol–water partition coefficient (Wildman–Crippen LogP) is 2.84. The zero-order chi connectivity index (χ0) is 17.2. The number of likely N-dealkylation sites (N-methyl/N-ethyl adjacent to an activating group) is 1. The van der Waals surface area contributed by atoms with E-state index in [1.165, 1.54) is 35.9 Å². The van der Waals surface area contributed by atoms with E-state index in [0.717, 1.165) is 26.1 Å². The molecule has 5 nitrogen and oxygen atoms in total. The third-order valence-electron chi connectivity index (χ3n) is 5.40. The van der Waals surface area contributed by atoms with Gasteiger partial charge >= 0.3 is 0 Å². The molecule has 2 aliphatic rings. The Morgan fingerprint density at radius 3 is 2.84 bits per heavy atom. The van der Waals surface area contributed by atoms with Gasteiger partial charge < -0.3 is 14.6 Å². The van der Waals surface area contributed by atoms with Crippen LogP contribution in [0, 0.1) is 0 Å². The van der Waals surface area contributed by atoms with E-state index in [2.05, 4.69) is 40.4 Å². The number of fused-ring (bicyclic) bond motifs is 1. The van der Waals surface area contributed by atoms with Crippen LogP contribution in [-0.4, -0.2) is 44.0 Å². The van der Waals surface area contributed by atoms with Crippen LogP contribution in [0.15, 0.2) is 41.0 Å². The van der Waals surface area contributed by atoms with Gasteiger partial charge in [-0.25, -0.2) is 0 Å². The Balaban J connectivity index is 1.53. The van der Waals surface area contributed by atoms with Crippen molar-refractivity contribution >= 4 is 11.6 Å². The maximum absolute atomic E-state index is 12.3.